The summed E-state index contributed by atoms with van der Waals surface area (Å²) >= 11 is 0. The number of rotatable bonds is 6. The highest BCUT2D eigenvalue weighted by Gasteiger charge is 2.27. The summed E-state index contributed by atoms with van der Waals surface area (Å²) in [5.41, 5.74) is 8.00. The highest BCUT2D eigenvalue weighted by molar-refractivity contribution is 7.87. The van der Waals surface area contributed by atoms with E-state index in [0.29, 0.717) is 32.6 Å². The van der Waals surface area contributed by atoms with E-state index >= 15 is 0 Å². The lowest BCUT2D eigenvalue weighted by atomic mass is 10.0. The van der Waals surface area contributed by atoms with Gasteiger partial charge in [0.15, 0.2) is 0 Å². The van der Waals surface area contributed by atoms with Gasteiger partial charge in [-0.1, -0.05) is 29.8 Å². The molecule has 0 aromatic heterocycles. The highest BCUT2D eigenvalue weighted by atomic mass is 32.2. The Morgan fingerprint density at radius 3 is 2.95 bits per heavy atom. The van der Waals surface area contributed by atoms with Crippen molar-refractivity contribution in [3.8, 4) is 0 Å². The molecule has 1 saturated heterocycles. The first-order valence-electron chi connectivity index (χ1n) is 7.51. The summed E-state index contributed by atoms with van der Waals surface area (Å²) in [5, 5.41) is 0. The van der Waals surface area contributed by atoms with Crippen LogP contribution in [0.4, 0.5) is 0 Å². The molecule has 0 spiro atoms. The topological polar surface area (TPSA) is 75.4 Å². The second kappa shape index (κ2) is 7.35. The van der Waals surface area contributed by atoms with Gasteiger partial charge in [-0.15, -0.1) is 0 Å². The third kappa shape index (κ3) is 4.78. The second-order valence-electron chi connectivity index (χ2n) is 5.74. The fourth-order valence-corrected chi connectivity index (χ4v) is 4.04. The number of nitrogens with one attached hydrogen (secondary N) is 1. The Morgan fingerprint density at radius 2 is 2.24 bits per heavy atom. The number of benzene rings is 1. The molecular weight excluding hydrogens is 286 g/mol. The van der Waals surface area contributed by atoms with Crippen LogP contribution >= 0.6 is 0 Å². The van der Waals surface area contributed by atoms with Gasteiger partial charge in [0.1, 0.15) is 0 Å². The number of piperidine rings is 1. The fourth-order valence-electron chi connectivity index (χ4n) is 2.72. The fraction of sp³-hybridized carbons (Fsp3) is 0.600. The molecule has 1 aromatic carbocycles. The molecule has 21 heavy (non-hydrogen) atoms. The summed E-state index contributed by atoms with van der Waals surface area (Å²) in [6.07, 6.45) is 2.61. The van der Waals surface area contributed by atoms with Gasteiger partial charge in [-0.2, -0.15) is 12.7 Å². The number of nitrogens with two attached hydrogens (primary N) is 1. The first-order valence-corrected chi connectivity index (χ1v) is 8.95. The van der Waals surface area contributed by atoms with Gasteiger partial charge in [0, 0.05) is 19.6 Å². The van der Waals surface area contributed by atoms with Gasteiger partial charge in [-0.05, 0) is 44.2 Å². The molecule has 2 rings (SSSR count). The lowest BCUT2D eigenvalue weighted by molar-refractivity contribution is 0.269. The van der Waals surface area contributed by atoms with Crippen LogP contribution in [0.1, 0.15) is 24.0 Å². The third-order valence-electron chi connectivity index (χ3n) is 3.94. The zero-order chi connectivity index (χ0) is 15.3. The summed E-state index contributed by atoms with van der Waals surface area (Å²) in [6, 6.07) is 8.14. The lowest BCUT2D eigenvalue weighted by Crippen LogP contribution is -2.47. The molecule has 118 valence electrons. The molecule has 1 aromatic rings. The molecule has 1 atom stereocenters. The minimum Gasteiger partial charge on any atom is -0.330 e. The van der Waals surface area contributed by atoms with E-state index in [2.05, 4.69) is 10.8 Å². The van der Waals surface area contributed by atoms with E-state index in [1.54, 1.807) is 0 Å². The van der Waals surface area contributed by atoms with E-state index in [1.807, 2.05) is 25.1 Å². The van der Waals surface area contributed by atoms with E-state index in [-0.39, 0.29) is 5.92 Å². The van der Waals surface area contributed by atoms with Crippen LogP contribution < -0.4 is 10.5 Å². The van der Waals surface area contributed by atoms with Gasteiger partial charge < -0.3 is 5.73 Å². The van der Waals surface area contributed by atoms with Crippen molar-refractivity contribution >= 4 is 10.2 Å². The maximum atomic E-state index is 12.3. The predicted octanol–water partition coefficient (Wildman–Crippen LogP) is 1.04. The molecule has 1 fully saturated rings. The number of hydrogen-bond donors (Lipinski definition) is 2. The summed E-state index contributed by atoms with van der Waals surface area (Å²) < 4.78 is 28.8. The molecule has 1 heterocycles. The standard InChI is InChI=1S/C15H25N3O2S/c1-13-4-2-5-14(10-13)7-8-17-21(19,20)18-9-3-6-15(11-16)12-18/h2,4-5,10,15,17H,3,6-9,11-12,16H2,1H3. The molecule has 0 bridgehead atoms. The minimum absolute atomic E-state index is 0.284. The SMILES string of the molecule is Cc1cccc(CCNS(=O)(=O)N2CCCC(CN)C2)c1. The van der Waals surface area contributed by atoms with Crippen LogP contribution in [0.5, 0.6) is 0 Å². The Morgan fingerprint density at radius 1 is 1.43 bits per heavy atom. The average molecular weight is 311 g/mol. The van der Waals surface area contributed by atoms with Gasteiger partial charge in [-0.25, -0.2) is 4.72 Å². The number of nitrogens with zero attached hydrogens (tertiary/aromatic N) is 1. The molecule has 1 aliphatic heterocycles. The van der Waals surface area contributed by atoms with Crippen molar-refractivity contribution in [1.29, 1.82) is 0 Å². The Bertz CT molecular complexity index is 560. The molecular formula is C15H25N3O2S. The number of hydrogen-bond acceptors (Lipinski definition) is 3. The third-order valence-corrected chi connectivity index (χ3v) is 5.52. The van der Waals surface area contributed by atoms with E-state index in [9.17, 15) is 8.42 Å². The van der Waals surface area contributed by atoms with Crippen LogP contribution in [0.2, 0.25) is 0 Å². The van der Waals surface area contributed by atoms with Crippen molar-refractivity contribution in [2.24, 2.45) is 11.7 Å². The van der Waals surface area contributed by atoms with Crippen LogP contribution in [-0.4, -0.2) is 38.9 Å². The maximum absolute atomic E-state index is 12.3. The zero-order valence-corrected chi connectivity index (χ0v) is 13.4. The maximum Gasteiger partial charge on any atom is 0.279 e. The molecule has 5 nitrogen and oxygen atoms in total. The van der Waals surface area contributed by atoms with E-state index < -0.39 is 10.2 Å². The summed E-state index contributed by atoms with van der Waals surface area (Å²) in [7, 11) is -3.38. The first-order chi connectivity index (χ1) is 10.0. The van der Waals surface area contributed by atoms with Crippen molar-refractivity contribution < 1.29 is 8.42 Å². The molecule has 1 aliphatic rings. The molecule has 1 unspecified atom stereocenters. The summed E-state index contributed by atoms with van der Waals surface area (Å²) in [4.78, 5) is 0. The second-order valence-corrected chi connectivity index (χ2v) is 7.50. The van der Waals surface area contributed by atoms with Gasteiger partial charge in [0.05, 0.1) is 0 Å². The number of aryl methyl sites for hydroxylation is 1. The van der Waals surface area contributed by atoms with Gasteiger partial charge in [0.2, 0.25) is 0 Å². The monoisotopic (exact) mass is 311 g/mol. The van der Waals surface area contributed by atoms with Crippen molar-refractivity contribution in [1.82, 2.24) is 9.03 Å². The molecule has 0 aliphatic carbocycles. The van der Waals surface area contributed by atoms with E-state index in [1.165, 1.54) is 9.87 Å². The average Bonchev–Trinajstić information content (AvgIpc) is 2.47. The normalized spacial score (nSPS) is 20.6. The lowest BCUT2D eigenvalue weighted by Gasteiger charge is -2.31. The van der Waals surface area contributed by atoms with E-state index in [4.69, 9.17) is 5.73 Å². The molecule has 3 N–H and O–H groups in total. The van der Waals surface area contributed by atoms with Crippen molar-refractivity contribution in [2.45, 2.75) is 26.2 Å². The van der Waals surface area contributed by atoms with Crippen molar-refractivity contribution in [3.05, 3.63) is 35.4 Å². The van der Waals surface area contributed by atoms with Crippen LogP contribution in [0.25, 0.3) is 0 Å². The van der Waals surface area contributed by atoms with Gasteiger partial charge in [0.25, 0.3) is 10.2 Å². The van der Waals surface area contributed by atoms with E-state index in [0.717, 1.165) is 18.4 Å². The molecule has 0 saturated carbocycles. The van der Waals surface area contributed by atoms with Crippen LogP contribution in [0, 0.1) is 12.8 Å². The van der Waals surface area contributed by atoms with Crippen LogP contribution in [0.3, 0.4) is 0 Å². The summed E-state index contributed by atoms with van der Waals surface area (Å²) in [5.74, 6) is 0.284. The zero-order valence-electron chi connectivity index (χ0n) is 12.6. The van der Waals surface area contributed by atoms with Gasteiger partial charge in [-0.3, -0.25) is 0 Å². The highest BCUT2D eigenvalue weighted by Crippen LogP contribution is 2.17. The molecule has 0 radical (unpaired) electrons. The van der Waals surface area contributed by atoms with Gasteiger partial charge >= 0.3 is 0 Å². The Balaban J connectivity index is 1.86. The van der Waals surface area contributed by atoms with Crippen molar-refractivity contribution in [2.75, 3.05) is 26.2 Å². The Labute approximate surface area is 127 Å². The predicted molar refractivity (Wildman–Crippen MR) is 85.2 cm³/mol. The Hall–Kier alpha value is -0.950. The van der Waals surface area contributed by atoms with Crippen LogP contribution in [0.15, 0.2) is 24.3 Å². The molecule has 6 heteroatoms. The smallest absolute Gasteiger partial charge is 0.279 e. The van der Waals surface area contributed by atoms with Crippen LogP contribution in [-0.2, 0) is 16.6 Å². The minimum atomic E-state index is -3.38. The quantitative estimate of drug-likeness (QED) is 0.824. The summed E-state index contributed by atoms with van der Waals surface area (Å²) in [6.45, 7) is 4.14. The Kier molecular flexibility index (Phi) is 5.75. The molecule has 0 amide bonds. The largest absolute Gasteiger partial charge is 0.330 e. The first kappa shape index (κ1) is 16.4. The van der Waals surface area contributed by atoms with Crippen molar-refractivity contribution in [3.63, 3.8) is 0 Å².